The zero-order valence-electron chi connectivity index (χ0n) is 16.2. The second kappa shape index (κ2) is 11.2. The van der Waals surface area contributed by atoms with Gasteiger partial charge in [-0.15, -0.1) is 5.10 Å². The third-order valence-electron chi connectivity index (χ3n) is 4.31. The number of carbonyl (C=O) groups excluding carboxylic acids is 1. The van der Waals surface area contributed by atoms with E-state index in [2.05, 4.69) is 25.6 Å². The molecule has 1 fully saturated rings. The Kier molecular flexibility index (Phi) is 8.32. The number of rotatable bonds is 10. The molecular weight excluding hydrogens is 445 g/mol. The highest BCUT2D eigenvalue weighted by atomic mass is 35.5. The van der Waals surface area contributed by atoms with Crippen molar-refractivity contribution in [3.63, 3.8) is 0 Å². The summed E-state index contributed by atoms with van der Waals surface area (Å²) in [6, 6.07) is 3.56. The molecule has 2 heterocycles. The summed E-state index contributed by atoms with van der Waals surface area (Å²) in [4.78, 5) is 12.1. The maximum atomic E-state index is 13.4. The third-order valence-corrected chi connectivity index (χ3v) is 4.62. The van der Waals surface area contributed by atoms with Gasteiger partial charge in [-0.05, 0) is 25.0 Å². The Morgan fingerprint density at radius 1 is 1.29 bits per heavy atom. The average molecular weight is 465 g/mol. The van der Waals surface area contributed by atoms with Crippen LogP contribution in [0, 0.1) is 5.82 Å². The van der Waals surface area contributed by atoms with Crippen LogP contribution in [-0.4, -0.2) is 55.1 Å². The smallest absolute Gasteiger partial charge is 0.414 e. The van der Waals surface area contributed by atoms with E-state index in [1.807, 2.05) is 0 Å². The summed E-state index contributed by atoms with van der Waals surface area (Å²) in [6.45, 7) is -3.14. The molecule has 2 atom stereocenters. The van der Waals surface area contributed by atoms with Crippen molar-refractivity contribution in [2.24, 2.45) is 0 Å². The number of nitrogens with one attached hydrogen (secondary N) is 2. The number of piperidine rings is 1. The Labute approximate surface area is 180 Å². The maximum Gasteiger partial charge on any atom is 0.414 e. The first-order valence-electron chi connectivity index (χ1n) is 9.37. The summed E-state index contributed by atoms with van der Waals surface area (Å²) in [6.07, 6.45) is 1.10. The summed E-state index contributed by atoms with van der Waals surface area (Å²) < 4.78 is 56.9. The van der Waals surface area contributed by atoms with E-state index < -0.39 is 12.4 Å². The molecule has 1 amide bonds. The molecule has 31 heavy (non-hydrogen) atoms. The van der Waals surface area contributed by atoms with Crippen LogP contribution in [0.1, 0.15) is 24.8 Å². The van der Waals surface area contributed by atoms with E-state index in [4.69, 9.17) is 25.5 Å². The topological polar surface area (TPSA) is 108 Å². The van der Waals surface area contributed by atoms with Crippen LogP contribution in [0.15, 0.2) is 22.6 Å². The highest BCUT2D eigenvalue weighted by molar-refractivity contribution is 6.30. The van der Waals surface area contributed by atoms with Crippen molar-refractivity contribution in [3.8, 4) is 11.8 Å². The number of hydrogen-bond donors (Lipinski definition) is 2. The Balaban J connectivity index is 1.36. The summed E-state index contributed by atoms with van der Waals surface area (Å²) in [5.74, 6) is -0.477. The van der Waals surface area contributed by atoms with Crippen molar-refractivity contribution >= 4 is 17.5 Å². The van der Waals surface area contributed by atoms with E-state index in [0.717, 1.165) is 6.07 Å². The largest absolute Gasteiger partial charge is 0.484 e. The normalized spacial score (nSPS) is 18.7. The number of hydrogen-bond acceptors (Lipinski definition) is 8. The van der Waals surface area contributed by atoms with Gasteiger partial charge in [0, 0.05) is 18.7 Å². The lowest BCUT2D eigenvalue weighted by atomic mass is 10.0. The predicted molar refractivity (Wildman–Crippen MR) is 101 cm³/mol. The second-order valence-corrected chi connectivity index (χ2v) is 6.96. The van der Waals surface area contributed by atoms with Crippen LogP contribution < -0.4 is 20.1 Å². The molecule has 13 heteroatoms. The Hall–Kier alpha value is -2.57. The maximum absolute atomic E-state index is 13.4. The lowest BCUT2D eigenvalue weighted by Crippen LogP contribution is -2.48. The lowest BCUT2D eigenvalue weighted by molar-refractivity contribution is -0.134. The van der Waals surface area contributed by atoms with Crippen LogP contribution in [0.3, 0.4) is 0 Å². The summed E-state index contributed by atoms with van der Waals surface area (Å²) >= 11 is 5.60. The molecule has 0 bridgehead atoms. The number of ether oxygens (including phenoxy) is 3. The minimum atomic E-state index is -2.87. The minimum Gasteiger partial charge on any atom is -0.484 e. The van der Waals surface area contributed by atoms with Gasteiger partial charge >= 0.3 is 12.7 Å². The number of benzene rings is 1. The molecular formula is C18H20ClF3N4O5. The van der Waals surface area contributed by atoms with E-state index in [-0.39, 0.29) is 54.7 Å². The number of nitrogens with zero attached hydrogens (tertiary/aromatic N) is 2. The standard InChI is InChI=1S/C18H20ClF3N4O5/c19-12-3-2-11(7-13(12)20)30-9-15(27)24-10-1-4-14(23-8-10)16-25-26-18(31-16)29-6-5-28-17(21)22/h2-3,7,10,14,17,23H,1,4-6,8-9H2,(H,24,27)/t10-,14+/m0/s1. The first-order valence-corrected chi connectivity index (χ1v) is 9.75. The van der Waals surface area contributed by atoms with E-state index in [9.17, 15) is 18.0 Å². The van der Waals surface area contributed by atoms with Crippen LogP contribution >= 0.6 is 11.6 Å². The SMILES string of the molecule is O=C(COc1ccc(Cl)c(F)c1)N[C@H]1CC[C@H](c2nnc(OCCOC(F)F)o2)NC1. The molecule has 170 valence electrons. The van der Waals surface area contributed by atoms with E-state index in [0.29, 0.717) is 25.3 Å². The molecule has 0 spiro atoms. The Morgan fingerprint density at radius 3 is 2.84 bits per heavy atom. The Bertz CT molecular complexity index is 864. The van der Waals surface area contributed by atoms with Crippen LogP contribution in [0.25, 0.3) is 0 Å². The fraction of sp³-hybridized carbons (Fsp3) is 0.500. The molecule has 1 aliphatic rings. The zero-order chi connectivity index (χ0) is 22.2. The number of amides is 1. The quantitative estimate of drug-likeness (QED) is 0.516. The minimum absolute atomic E-state index is 0.0275. The highest BCUT2D eigenvalue weighted by Crippen LogP contribution is 2.24. The molecule has 0 radical (unpaired) electrons. The van der Waals surface area contributed by atoms with E-state index >= 15 is 0 Å². The van der Waals surface area contributed by atoms with Crippen molar-refractivity contribution in [1.82, 2.24) is 20.8 Å². The molecule has 1 aromatic carbocycles. The average Bonchev–Trinajstić information content (AvgIpc) is 3.21. The summed E-state index contributed by atoms with van der Waals surface area (Å²) in [5.41, 5.74) is 0. The van der Waals surface area contributed by atoms with Crippen LogP contribution in [0.4, 0.5) is 13.2 Å². The lowest BCUT2D eigenvalue weighted by Gasteiger charge is -2.28. The van der Waals surface area contributed by atoms with Crippen molar-refractivity contribution in [2.45, 2.75) is 31.5 Å². The fourth-order valence-electron chi connectivity index (χ4n) is 2.86. The molecule has 3 rings (SSSR count). The van der Waals surface area contributed by atoms with Gasteiger partial charge in [0.2, 0.25) is 5.89 Å². The fourth-order valence-corrected chi connectivity index (χ4v) is 2.98. The molecule has 2 N–H and O–H groups in total. The molecule has 0 saturated carbocycles. The van der Waals surface area contributed by atoms with Crippen LogP contribution in [0.2, 0.25) is 5.02 Å². The van der Waals surface area contributed by atoms with Crippen molar-refractivity contribution in [1.29, 1.82) is 0 Å². The summed E-state index contributed by atoms with van der Waals surface area (Å²) in [7, 11) is 0. The van der Waals surface area contributed by atoms with Gasteiger partial charge in [0.25, 0.3) is 5.91 Å². The van der Waals surface area contributed by atoms with E-state index in [1.54, 1.807) is 0 Å². The van der Waals surface area contributed by atoms with Crippen molar-refractivity contribution in [3.05, 3.63) is 34.9 Å². The molecule has 9 nitrogen and oxygen atoms in total. The van der Waals surface area contributed by atoms with E-state index in [1.165, 1.54) is 12.1 Å². The van der Waals surface area contributed by atoms with Gasteiger partial charge in [0.15, 0.2) is 6.61 Å². The van der Waals surface area contributed by atoms with Gasteiger partial charge in [-0.1, -0.05) is 16.7 Å². The molecule has 1 saturated heterocycles. The molecule has 1 aromatic heterocycles. The number of halogens is 4. The van der Waals surface area contributed by atoms with Gasteiger partial charge in [-0.2, -0.15) is 8.78 Å². The first kappa shape index (κ1) is 23.1. The van der Waals surface area contributed by atoms with Gasteiger partial charge < -0.3 is 29.3 Å². The van der Waals surface area contributed by atoms with Gasteiger partial charge in [-0.25, -0.2) is 4.39 Å². The summed E-state index contributed by atoms with van der Waals surface area (Å²) in [5, 5.41) is 13.5. The second-order valence-electron chi connectivity index (χ2n) is 6.55. The number of aromatic nitrogens is 2. The monoisotopic (exact) mass is 464 g/mol. The van der Waals surface area contributed by atoms with Gasteiger partial charge in [0.1, 0.15) is 18.2 Å². The molecule has 1 aliphatic heterocycles. The van der Waals surface area contributed by atoms with Crippen LogP contribution in [-0.2, 0) is 9.53 Å². The molecule has 0 unspecified atom stereocenters. The predicted octanol–water partition coefficient (Wildman–Crippen LogP) is 2.47. The highest BCUT2D eigenvalue weighted by Gasteiger charge is 2.27. The van der Waals surface area contributed by atoms with Gasteiger partial charge in [0.05, 0.1) is 17.7 Å². The molecule has 2 aromatic rings. The third kappa shape index (κ3) is 7.26. The van der Waals surface area contributed by atoms with Crippen molar-refractivity contribution < 1.29 is 36.6 Å². The van der Waals surface area contributed by atoms with Gasteiger partial charge in [-0.3, -0.25) is 4.79 Å². The zero-order valence-corrected chi connectivity index (χ0v) is 16.9. The Morgan fingerprint density at radius 2 is 2.13 bits per heavy atom. The first-order chi connectivity index (χ1) is 14.9. The number of alkyl halides is 2. The number of carbonyl (C=O) groups is 1. The molecule has 0 aliphatic carbocycles. The van der Waals surface area contributed by atoms with Crippen LogP contribution in [0.5, 0.6) is 11.8 Å². The van der Waals surface area contributed by atoms with Crippen molar-refractivity contribution in [2.75, 3.05) is 26.4 Å².